The third-order valence-electron chi connectivity index (χ3n) is 1.97. The van der Waals surface area contributed by atoms with Crippen LogP contribution in [0, 0.1) is 4.91 Å². The van der Waals surface area contributed by atoms with Gasteiger partial charge in [-0.2, -0.15) is 5.10 Å². The molecule has 0 fully saturated rings. The molecule has 0 aliphatic rings. The molecular weight excluding hydrogens is 234 g/mol. The quantitative estimate of drug-likeness (QED) is 0.603. The zero-order chi connectivity index (χ0) is 9.42. The second-order valence-electron chi connectivity index (χ2n) is 2.79. The van der Waals surface area contributed by atoms with E-state index in [2.05, 4.69) is 26.2 Å². The third-order valence-corrected chi connectivity index (χ3v) is 2.60. The topological polar surface area (TPSA) is 49.1 Å². The van der Waals surface area contributed by atoms with Crippen LogP contribution in [0.2, 0.25) is 0 Å². The van der Waals surface area contributed by atoms with Gasteiger partial charge in [0.15, 0.2) is 7.05 Å². The van der Waals surface area contributed by atoms with E-state index in [4.69, 9.17) is 0 Å². The van der Waals surface area contributed by atoms with Gasteiger partial charge in [0.2, 0.25) is 5.52 Å². The Morgan fingerprint density at radius 1 is 1.54 bits per heavy atom. The fraction of sp³-hybridized carbons (Fsp3) is 0.125. The highest BCUT2D eigenvalue weighted by atomic mass is 79.9. The first-order valence-electron chi connectivity index (χ1n) is 3.72. The molecule has 2 rings (SSSR count). The Balaban J connectivity index is 2.83. The number of nitrogens with zero attached hydrogens (tertiary/aromatic N) is 2. The Morgan fingerprint density at radius 3 is 3.00 bits per heavy atom. The lowest BCUT2D eigenvalue weighted by Gasteiger charge is -1.91. The van der Waals surface area contributed by atoms with Gasteiger partial charge in [0.05, 0.1) is 16.1 Å². The van der Waals surface area contributed by atoms with E-state index in [1.807, 2.05) is 24.0 Å². The third kappa shape index (κ3) is 1.25. The lowest BCUT2D eigenvalue weighted by atomic mass is 10.2. The summed E-state index contributed by atoms with van der Waals surface area (Å²) in [6.45, 7) is 0. The average molecular weight is 241 g/mol. The van der Waals surface area contributed by atoms with Gasteiger partial charge in [0, 0.05) is 6.07 Å². The van der Waals surface area contributed by atoms with Gasteiger partial charge in [-0.05, 0) is 27.2 Å². The van der Waals surface area contributed by atoms with Gasteiger partial charge in [-0.25, -0.2) is 0 Å². The summed E-state index contributed by atoms with van der Waals surface area (Å²) in [5.41, 5.74) is 1.45. The molecule has 66 valence electrons. The highest BCUT2D eigenvalue weighted by molar-refractivity contribution is 9.10. The van der Waals surface area contributed by atoms with Crippen LogP contribution in [0.15, 0.2) is 28.0 Å². The Bertz CT molecular complexity index is 477. The van der Waals surface area contributed by atoms with E-state index in [1.54, 1.807) is 6.07 Å². The summed E-state index contributed by atoms with van der Waals surface area (Å²) < 4.78 is 2.58. The first-order valence-corrected chi connectivity index (χ1v) is 4.51. The number of rotatable bonds is 1. The summed E-state index contributed by atoms with van der Waals surface area (Å²) in [6.07, 6.45) is 1.83. The molecule has 1 aromatic heterocycles. The summed E-state index contributed by atoms with van der Waals surface area (Å²) in [4.78, 5) is 10.4. The number of hydrogen-bond donors (Lipinski definition) is 1. The lowest BCUT2D eigenvalue weighted by Crippen LogP contribution is -2.29. The number of aromatic amines is 1. The number of aromatic nitrogens is 2. The number of benzene rings is 1. The van der Waals surface area contributed by atoms with E-state index < -0.39 is 0 Å². The minimum atomic E-state index is 0.423. The lowest BCUT2D eigenvalue weighted by molar-refractivity contribution is -0.702. The molecule has 0 atom stereocenters. The van der Waals surface area contributed by atoms with E-state index >= 15 is 0 Å². The highest BCUT2D eigenvalue weighted by Crippen LogP contribution is 2.28. The molecule has 0 saturated heterocycles. The molecular formula is C8H7BrN3O+. The molecule has 1 N–H and O–H groups in total. The average Bonchev–Trinajstić information content (AvgIpc) is 2.47. The van der Waals surface area contributed by atoms with Crippen LogP contribution in [0.5, 0.6) is 0 Å². The number of H-pyrrole nitrogens is 1. The number of nitroso groups, excluding NO2 is 1. The van der Waals surface area contributed by atoms with Crippen LogP contribution in [0.3, 0.4) is 0 Å². The predicted octanol–water partition coefficient (Wildman–Crippen LogP) is 2.15. The number of nitrogens with one attached hydrogen (secondary N) is 1. The largest absolute Gasteiger partial charge is 0.239 e. The van der Waals surface area contributed by atoms with Crippen LogP contribution in [-0.4, -0.2) is 5.10 Å². The maximum atomic E-state index is 10.4. The number of hydrogen-bond acceptors (Lipinski definition) is 2. The van der Waals surface area contributed by atoms with Crippen LogP contribution in [0.1, 0.15) is 0 Å². The van der Waals surface area contributed by atoms with Crippen LogP contribution in [-0.2, 0) is 7.05 Å². The number of halogens is 1. The zero-order valence-corrected chi connectivity index (χ0v) is 8.50. The highest BCUT2D eigenvalue weighted by Gasteiger charge is 2.11. The van der Waals surface area contributed by atoms with Crippen molar-refractivity contribution < 1.29 is 4.68 Å². The van der Waals surface area contributed by atoms with Crippen molar-refractivity contribution in [3.05, 3.63) is 27.7 Å². The van der Waals surface area contributed by atoms with E-state index in [0.717, 1.165) is 10.9 Å². The van der Waals surface area contributed by atoms with Crippen molar-refractivity contribution in [2.75, 3.05) is 0 Å². The Labute approximate surface area is 82.6 Å². The van der Waals surface area contributed by atoms with Crippen molar-refractivity contribution in [1.82, 2.24) is 5.10 Å². The van der Waals surface area contributed by atoms with E-state index in [9.17, 15) is 4.91 Å². The van der Waals surface area contributed by atoms with Crippen molar-refractivity contribution in [3.63, 3.8) is 0 Å². The molecule has 0 amide bonds. The second-order valence-corrected chi connectivity index (χ2v) is 3.64. The van der Waals surface area contributed by atoms with Gasteiger partial charge >= 0.3 is 0 Å². The molecule has 0 spiro atoms. The van der Waals surface area contributed by atoms with E-state index in [1.165, 1.54) is 0 Å². The number of aryl methyl sites for hydroxylation is 1. The molecule has 0 aliphatic heterocycles. The van der Waals surface area contributed by atoms with Crippen molar-refractivity contribution in [2.45, 2.75) is 0 Å². The first-order chi connectivity index (χ1) is 6.22. The van der Waals surface area contributed by atoms with E-state index in [0.29, 0.717) is 10.2 Å². The van der Waals surface area contributed by atoms with Gasteiger partial charge in [-0.1, -0.05) is 0 Å². The predicted molar refractivity (Wildman–Crippen MR) is 52.6 cm³/mol. The minimum Gasteiger partial charge on any atom is -0.172 e. The molecule has 2 aromatic rings. The van der Waals surface area contributed by atoms with E-state index in [-0.39, 0.29) is 0 Å². The standard InChI is InChI=1S/C8H6BrN3O/c1-12-8-3-6(9)7(11-13)2-5(8)4-10-12/h2-4H,1H3/p+1. The van der Waals surface area contributed by atoms with Gasteiger partial charge in [0.1, 0.15) is 5.69 Å². The van der Waals surface area contributed by atoms with Crippen molar-refractivity contribution in [1.29, 1.82) is 0 Å². The summed E-state index contributed by atoms with van der Waals surface area (Å²) in [5.74, 6) is 0. The Kier molecular flexibility index (Phi) is 1.88. The van der Waals surface area contributed by atoms with Crippen LogP contribution in [0.25, 0.3) is 10.9 Å². The molecule has 5 heteroatoms. The first kappa shape index (κ1) is 8.37. The summed E-state index contributed by atoms with van der Waals surface area (Å²) in [7, 11) is 1.91. The summed E-state index contributed by atoms with van der Waals surface area (Å²) >= 11 is 3.28. The summed E-state index contributed by atoms with van der Waals surface area (Å²) in [6, 6.07) is 3.60. The van der Waals surface area contributed by atoms with Crippen LogP contribution < -0.4 is 4.68 Å². The number of fused-ring (bicyclic) bond motifs is 1. The van der Waals surface area contributed by atoms with Crippen molar-refractivity contribution >= 4 is 32.5 Å². The maximum Gasteiger partial charge on any atom is 0.239 e. The van der Waals surface area contributed by atoms with Crippen LogP contribution >= 0.6 is 15.9 Å². The smallest absolute Gasteiger partial charge is 0.172 e. The van der Waals surface area contributed by atoms with Gasteiger partial charge in [0.25, 0.3) is 0 Å². The Morgan fingerprint density at radius 2 is 2.31 bits per heavy atom. The zero-order valence-electron chi connectivity index (χ0n) is 6.91. The molecule has 1 aromatic carbocycles. The normalized spacial score (nSPS) is 10.6. The molecule has 0 bridgehead atoms. The van der Waals surface area contributed by atoms with Crippen molar-refractivity contribution in [3.8, 4) is 0 Å². The fourth-order valence-electron chi connectivity index (χ4n) is 1.28. The SMILES string of the molecule is C[n+]1[nH]cc2cc(N=O)c(Br)cc21. The molecule has 4 nitrogen and oxygen atoms in total. The van der Waals surface area contributed by atoms with Crippen molar-refractivity contribution in [2.24, 2.45) is 12.2 Å². The van der Waals surface area contributed by atoms with Gasteiger partial charge < -0.3 is 0 Å². The van der Waals surface area contributed by atoms with Crippen LogP contribution in [0.4, 0.5) is 5.69 Å². The molecule has 0 radical (unpaired) electrons. The second kappa shape index (κ2) is 2.92. The molecule has 0 saturated carbocycles. The molecule has 0 aliphatic carbocycles. The molecule has 1 heterocycles. The summed E-state index contributed by atoms with van der Waals surface area (Å²) in [5, 5.41) is 6.89. The Hall–Kier alpha value is -1.23. The molecule has 0 unspecified atom stereocenters. The minimum absolute atomic E-state index is 0.423. The van der Waals surface area contributed by atoms with Gasteiger partial charge in [-0.3, -0.25) is 0 Å². The monoisotopic (exact) mass is 240 g/mol. The molecule has 13 heavy (non-hydrogen) atoms. The maximum absolute atomic E-state index is 10.4. The van der Waals surface area contributed by atoms with Gasteiger partial charge in [-0.15, -0.1) is 9.59 Å². The fourth-order valence-corrected chi connectivity index (χ4v) is 1.68.